The second-order valence-corrected chi connectivity index (χ2v) is 15.5. The number of rotatable bonds is 5. The highest BCUT2D eigenvalue weighted by Crippen LogP contribution is 2.61. The molecule has 14 heteroatoms. The number of aromatic hydroxyl groups is 1. The van der Waals surface area contributed by atoms with E-state index in [0.29, 0.717) is 33.4 Å². The molecule has 12 nitrogen and oxygen atoms in total. The van der Waals surface area contributed by atoms with Gasteiger partial charge in [-0.1, -0.05) is 41.9 Å². The maximum absolute atomic E-state index is 15.0. The van der Waals surface area contributed by atoms with Gasteiger partial charge >= 0.3 is 11.4 Å². The van der Waals surface area contributed by atoms with Gasteiger partial charge < -0.3 is 9.84 Å². The summed E-state index contributed by atoms with van der Waals surface area (Å²) in [5.41, 5.74) is 0.957. The van der Waals surface area contributed by atoms with Crippen molar-refractivity contribution >= 4 is 50.7 Å². The first-order chi connectivity index (χ1) is 25.4. The molecule has 0 spiro atoms. The lowest BCUT2D eigenvalue weighted by Gasteiger charge is -2.47. The zero-order valence-electron chi connectivity index (χ0n) is 29.1. The van der Waals surface area contributed by atoms with Crippen LogP contribution >= 0.6 is 22.9 Å². The maximum atomic E-state index is 15.0. The smallest absolute Gasteiger partial charge is 0.352 e. The van der Waals surface area contributed by atoms with Crippen molar-refractivity contribution in [3.8, 4) is 27.8 Å². The molecule has 0 radical (unpaired) electrons. The molecular formula is C39H33ClN6O6S. The number of benzene rings is 3. The van der Waals surface area contributed by atoms with Crippen molar-refractivity contribution in [2.45, 2.75) is 38.8 Å². The molecule has 2 aliphatic heterocycles. The average Bonchev–Trinajstić information content (AvgIpc) is 3.82. The van der Waals surface area contributed by atoms with Crippen molar-refractivity contribution in [2.24, 2.45) is 18.4 Å². The minimum atomic E-state index is -1.33. The molecule has 1 aliphatic carbocycles. The molecule has 6 aromatic rings. The second-order valence-electron chi connectivity index (χ2n) is 14.0. The third-order valence-electron chi connectivity index (χ3n) is 11.3. The Morgan fingerprint density at radius 3 is 2.51 bits per heavy atom. The number of fused-ring (bicyclic) bond motifs is 5. The number of hydrogen-bond donors (Lipinski definition) is 1. The summed E-state index contributed by atoms with van der Waals surface area (Å²) in [6.45, 7) is 3.87. The van der Waals surface area contributed by atoms with Gasteiger partial charge in [0.15, 0.2) is 11.5 Å². The molecule has 1 saturated heterocycles. The van der Waals surface area contributed by atoms with Gasteiger partial charge in [0.1, 0.15) is 11.5 Å². The van der Waals surface area contributed by atoms with Gasteiger partial charge in [-0.25, -0.2) is 28.4 Å². The molecule has 53 heavy (non-hydrogen) atoms. The molecule has 3 aliphatic rings. The summed E-state index contributed by atoms with van der Waals surface area (Å²) in [7, 11) is 3.15. The number of phenols is 1. The molecule has 268 valence electrons. The number of aromatic nitrogens is 5. The molecule has 3 aromatic carbocycles. The third-order valence-corrected chi connectivity index (χ3v) is 12.8. The van der Waals surface area contributed by atoms with Gasteiger partial charge in [0, 0.05) is 28.8 Å². The number of hydrogen-bond acceptors (Lipinski definition) is 8. The topological polar surface area (TPSA) is 134 Å². The number of phenolic OH excluding ortho intramolecular Hbond substituents is 1. The first-order valence-electron chi connectivity index (χ1n) is 17.1. The summed E-state index contributed by atoms with van der Waals surface area (Å²) in [5, 5.41) is 17.4. The van der Waals surface area contributed by atoms with Crippen molar-refractivity contribution in [1.82, 2.24) is 23.7 Å². The summed E-state index contributed by atoms with van der Waals surface area (Å²) < 4.78 is 11.9. The van der Waals surface area contributed by atoms with Gasteiger partial charge in [-0.05, 0) is 84.8 Å². The van der Waals surface area contributed by atoms with E-state index in [1.807, 2.05) is 31.2 Å². The fourth-order valence-electron chi connectivity index (χ4n) is 8.78. The first kappa shape index (κ1) is 33.2. The highest BCUT2D eigenvalue weighted by molar-refractivity contribution is 7.22. The maximum Gasteiger partial charge on any atom is 0.352 e. The molecule has 4 unspecified atom stereocenters. The van der Waals surface area contributed by atoms with E-state index in [9.17, 15) is 19.5 Å². The van der Waals surface area contributed by atoms with Gasteiger partial charge in [-0.2, -0.15) is 5.10 Å². The largest absolute Gasteiger partial charge is 0.504 e. The minimum Gasteiger partial charge on any atom is -0.504 e. The van der Waals surface area contributed by atoms with E-state index in [4.69, 9.17) is 21.4 Å². The Kier molecular flexibility index (Phi) is 7.31. The van der Waals surface area contributed by atoms with Crippen molar-refractivity contribution < 1.29 is 19.4 Å². The molecule has 9 rings (SSSR count). The summed E-state index contributed by atoms with van der Waals surface area (Å²) in [5.74, 6) is -2.05. The van der Waals surface area contributed by atoms with Gasteiger partial charge in [0.2, 0.25) is 11.8 Å². The summed E-state index contributed by atoms with van der Waals surface area (Å²) in [4.78, 5) is 59.9. The fraction of sp³-hybridized carbons (Fsp3) is 0.256. The Morgan fingerprint density at radius 1 is 1.00 bits per heavy atom. The number of amides is 2. The van der Waals surface area contributed by atoms with E-state index in [1.54, 1.807) is 84.6 Å². The third kappa shape index (κ3) is 4.56. The predicted molar refractivity (Wildman–Crippen MR) is 201 cm³/mol. The molecule has 2 amide bonds. The zero-order valence-corrected chi connectivity index (χ0v) is 30.7. The zero-order chi connectivity index (χ0) is 37.1. The number of ether oxygens (including phenoxy) is 1. The van der Waals surface area contributed by atoms with Crippen LogP contribution < -0.4 is 21.0 Å². The molecule has 0 bridgehead atoms. The number of carbonyl (C=O) groups is 2. The lowest BCUT2D eigenvalue weighted by molar-refractivity contribution is -0.129. The van der Waals surface area contributed by atoms with Crippen LogP contribution in [0.15, 0.2) is 94.0 Å². The molecule has 3 aromatic heterocycles. The van der Waals surface area contributed by atoms with Crippen LogP contribution in [0.25, 0.3) is 26.3 Å². The van der Waals surface area contributed by atoms with Gasteiger partial charge in [0.05, 0.1) is 41.6 Å². The fourth-order valence-corrected chi connectivity index (χ4v) is 10.1. The minimum absolute atomic E-state index is 0.0792. The summed E-state index contributed by atoms with van der Waals surface area (Å²) in [6.07, 6.45) is 1.98. The molecule has 4 atom stereocenters. The highest BCUT2D eigenvalue weighted by atomic mass is 35.5. The Balaban J connectivity index is 1.20. The van der Waals surface area contributed by atoms with Gasteiger partial charge in [-0.15, -0.1) is 11.3 Å². The van der Waals surface area contributed by atoms with E-state index >= 15 is 4.79 Å². The lowest BCUT2D eigenvalue weighted by atomic mass is 9.56. The summed E-state index contributed by atoms with van der Waals surface area (Å²) in [6, 6.07) is 20.4. The number of nitrogens with zero attached hydrogens (tertiary/aromatic N) is 6. The average molecular weight is 749 g/mol. The molecule has 2 fully saturated rings. The number of allylic oxidation sites excluding steroid dienone is 2. The van der Waals surface area contributed by atoms with Crippen LogP contribution in [0.4, 0.5) is 5.82 Å². The number of thiophene rings is 1. The van der Waals surface area contributed by atoms with Crippen LogP contribution in [0, 0.1) is 18.3 Å². The summed E-state index contributed by atoms with van der Waals surface area (Å²) >= 11 is 7.86. The number of imide groups is 1. The number of methoxy groups -OCH3 is 1. The molecule has 5 heterocycles. The lowest BCUT2D eigenvalue weighted by Crippen LogP contribution is -2.49. The van der Waals surface area contributed by atoms with Gasteiger partial charge in [0.25, 0.3) is 0 Å². The standard InChI is InChI=1S/C39H33ClN6O6S/c1-20-25-17-22(40)11-13-31(25)53-34(20)27-19-32(42(3)41-27)45-35(48)26-18-28-24(33(39(26,2)36(45)49)21-10-12-30(52-4)29(47)16-21)14-15-43-37(50)44(38(51)46(28)43)23-8-6-5-7-9-23/h5-14,16-17,19,26,28,33,47H,15,18H2,1-4H3. The number of para-hydroxylation sites is 1. The van der Waals surface area contributed by atoms with Crippen molar-refractivity contribution in [3.63, 3.8) is 0 Å². The van der Waals surface area contributed by atoms with Crippen LogP contribution in [0.1, 0.15) is 36.4 Å². The van der Waals surface area contributed by atoms with Crippen LogP contribution in [-0.2, 0) is 23.2 Å². The SMILES string of the molecule is COc1ccc(C2C3=CCn4c(=O)n(-c5ccccc5)c(=O)n4C3CC3C(=O)N(c4cc(-c5sc6ccc(Cl)cc6c5C)nn4C)C(=O)C32C)cc1O. The molecular weight excluding hydrogens is 716 g/mol. The number of anilines is 1. The van der Waals surface area contributed by atoms with Crippen LogP contribution in [0.2, 0.25) is 5.02 Å². The Bertz CT molecular complexity index is 2700. The van der Waals surface area contributed by atoms with Crippen LogP contribution in [-0.4, -0.2) is 47.7 Å². The van der Waals surface area contributed by atoms with E-state index in [1.165, 1.54) is 21.4 Å². The first-order valence-corrected chi connectivity index (χ1v) is 18.3. The van der Waals surface area contributed by atoms with Gasteiger partial charge in [-0.3, -0.25) is 14.3 Å². The quantitative estimate of drug-likeness (QED) is 0.170. The normalized spacial score (nSPS) is 22.2. The Labute approximate surface area is 311 Å². The monoisotopic (exact) mass is 748 g/mol. The van der Waals surface area contributed by atoms with Crippen LogP contribution in [0.5, 0.6) is 11.5 Å². The number of carbonyl (C=O) groups excluding carboxylic acids is 2. The molecule has 1 N–H and O–H groups in total. The number of aryl methyl sites for hydroxylation is 2. The second kappa shape index (κ2) is 11.7. The Hall–Kier alpha value is -5.66. The van der Waals surface area contributed by atoms with Crippen molar-refractivity contribution in [1.29, 1.82) is 0 Å². The predicted octanol–water partition coefficient (Wildman–Crippen LogP) is 5.96. The highest BCUT2D eigenvalue weighted by Gasteiger charge is 2.66. The Morgan fingerprint density at radius 2 is 1.77 bits per heavy atom. The molecule has 1 saturated carbocycles. The van der Waals surface area contributed by atoms with Crippen molar-refractivity contribution in [3.05, 3.63) is 122 Å². The van der Waals surface area contributed by atoms with E-state index in [0.717, 1.165) is 25.1 Å². The van der Waals surface area contributed by atoms with Crippen LogP contribution in [0.3, 0.4) is 0 Å². The number of halogens is 1. The van der Waals surface area contributed by atoms with E-state index < -0.39 is 46.5 Å². The van der Waals surface area contributed by atoms with E-state index in [-0.39, 0.29) is 24.5 Å². The van der Waals surface area contributed by atoms with E-state index in [2.05, 4.69) is 0 Å². The van der Waals surface area contributed by atoms with Crippen molar-refractivity contribution in [2.75, 3.05) is 12.0 Å².